The number of hydrazine groups is 1. The normalized spacial score (nSPS) is 44.7. The molecule has 5 heteroatoms. The number of carbonyl (C=O) groups is 1. The van der Waals surface area contributed by atoms with Crippen molar-refractivity contribution in [2.75, 3.05) is 0 Å². The lowest BCUT2D eigenvalue weighted by molar-refractivity contribution is -0.123. The van der Waals surface area contributed by atoms with E-state index in [1.165, 1.54) is 19.3 Å². The molecule has 82 valence electrons. The van der Waals surface area contributed by atoms with Crippen LogP contribution in [0.3, 0.4) is 0 Å². The van der Waals surface area contributed by atoms with E-state index in [0.29, 0.717) is 11.8 Å². The summed E-state index contributed by atoms with van der Waals surface area (Å²) in [6.45, 7) is 0. The molecule has 0 radical (unpaired) electrons. The molecule has 1 amide bonds. The Morgan fingerprint density at radius 1 is 1.20 bits per heavy atom. The lowest BCUT2D eigenvalue weighted by Gasteiger charge is -2.09. The van der Waals surface area contributed by atoms with E-state index >= 15 is 0 Å². The third kappa shape index (κ3) is 1.33. The molecule has 4 unspecified atom stereocenters. The standard InChI is InChI=1S/C10H15N3OS/c11-10(15)13-12-9(14)8-6-4-1-2-5(3-4)7(6)8/h4-8H,1-3H2,(H,12,14)(H3,11,13,15). The molecule has 0 aliphatic heterocycles. The van der Waals surface area contributed by atoms with Gasteiger partial charge in [0.15, 0.2) is 5.11 Å². The molecule has 3 aliphatic rings. The van der Waals surface area contributed by atoms with Crippen LogP contribution < -0.4 is 16.6 Å². The van der Waals surface area contributed by atoms with Gasteiger partial charge in [0.25, 0.3) is 0 Å². The molecule has 4 N–H and O–H groups in total. The highest BCUT2D eigenvalue weighted by Gasteiger charge is 2.67. The molecule has 4 nitrogen and oxygen atoms in total. The van der Waals surface area contributed by atoms with Crippen LogP contribution >= 0.6 is 12.2 Å². The molecule has 15 heavy (non-hydrogen) atoms. The van der Waals surface area contributed by atoms with Gasteiger partial charge in [0.05, 0.1) is 0 Å². The predicted molar refractivity (Wildman–Crippen MR) is 59.4 cm³/mol. The summed E-state index contributed by atoms with van der Waals surface area (Å²) in [6.07, 6.45) is 4.03. The van der Waals surface area contributed by atoms with Crippen molar-refractivity contribution in [3.8, 4) is 0 Å². The Kier molecular flexibility index (Phi) is 1.92. The molecule has 3 fully saturated rings. The van der Waals surface area contributed by atoms with Gasteiger partial charge >= 0.3 is 0 Å². The summed E-state index contributed by atoms with van der Waals surface area (Å²) >= 11 is 4.63. The number of nitrogens with one attached hydrogen (secondary N) is 2. The van der Waals surface area contributed by atoms with Crippen LogP contribution in [0.2, 0.25) is 0 Å². The molecule has 0 aromatic rings. The number of amides is 1. The van der Waals surface area contributed by atoms with Gasteiger partial charge in [-0.3, -0.25) is 15.6 Å². The summed E-state index contributed by atoms with van der Waals surface area (Å²) in [6, 6.07) is 0. The van der Waals surface area contributed by atoms with E-state index in [9.17, 15) is 4.79 Å². The average molecular weight is 225 g/mol. The molecule has 0 aromatic carbocycles. The third-order valence-electron chi connectivity index (χ3n) is 4.35. The first kappa shape index (κ1) is 9.39. The average Bonchev–Trinajstić information content (AvgIpc) is 2.64. The van der Waals surface area contributed by atoms with Gasteiger partial charge in [-0.05, 0) is 55.2 Å². The highest BCUT2D eigenvalue weighted by Crippen LogP contribution is 2.69. The monoisotopic (exact) mass is 225 g/mol. The van der Waals surface area contributed by atoms with Crippen LogP contribution in [0.5, 0.6) is 0 Å². The maximum Gasteiger partial charge on any atom is 0.242 e. The zero-order valence-electron chi connectivity index (χ0n) is 8.40. The summed E-state index contributed by atoms with van der Waals surface area (Å²) in [5, 5.41) is 0.122. The molecular weight excluding hydrogens is 210 g/mol. The molecule has 2 bridgehead atoms. The molecule has 3 saturated carbocycles. The van der Waals surface area contributed by atoms with Gasteiger partial charge in [-0.25, -0.2) is 0 Å². The van der Waals surface area contributed by atoms with Crippen molar-refractivity contribution in [3.63, 3.8) is 0 Å². The Labute approximate surface area is 93.9 Å². The molecule has 3 aliphatic carbocycles. The van der Waals surface area contributed by atoms with Gasteiger partial charge < -0.3 is 5.73 Å². The number of fused-ring (bicyclic) bond motifs is 5. The van der Waals surface area contributed by atoms with E-state index in [4.69, 9.17) is 5.73 Å². The second kappa shape index (κ2) is 3.07. The maximum atomic E-state index is 11.8. The third-order valence-corrected chi connectivity index (χ3v) is 4.45. The molecule has 3 rings (SSSR count). The van der Waals surface area contributed by atoms with Gasteiger partial charge in [-0.15, -0.1) is 0 Å². The highest BCUT2D eigenvalue weighted by molar-refractivity contribution is 7.80. The van der Waals surface area contributed by atoms with Crippen molar-refractivity contribution in [1.82, 2.24) is 10.9 Å². The lowest BCUT2D eigenvalue weighted by atomic mass is 10.0. The van der Waals surface area contributed by atoms with E-state index < -0.39 is 0 Å². The SMILES string of the molecule is NC(=S)NNC(=O)C1C2C3CCC(C3)C12. The topological polar surface area (TPSA) is 67.2 Å². The zero-order valence-corrected chi connectivity index (χ0v) is 9.22. The number of hydrogen-bond donors (Lipinski definition) is 3. The number of rotatable bonds is 1. The Morgan fingerprint density at radius 2 is 1.80 bits per heavy atom. The van der Waals surface area contributed by atoms with E-state index in [2.05, 4.69) is 23.1 Å². The van der Waals surface area contributed by atoms with Crippen LogP contribution in [0.1, 0.15) is 19.3 Å². The van der Waals surface area contributed by atoms with Crippen molar-refractivity contribution in [2.24, 2.45) is 35.3 Å². The van der Waals surface area contributed by atoms with Gasteiger partial charge in [0.2, 0.25) is 5.91 Å². The molecular formula is C10H15N3OS. The van der Waals surface area contributed by atoms with Gasteiger partial charge in [-0.1, -0.05) is 0 Å². The van der Waals surface area contributed by atoms with Crippen molar-refractivity contribution in [1.29, 1.82) is 0 Å². The van der Waals surface area contributed by atoms with Crippen LogP contribution in [-0.2, 0) is 4.79 Å². The number of thiocarbonyl (C=S) groups is 1. The predicted octanol–water partition coefficient (Wildman–Crippen LogP) is 0.143. The minimum Gasteiger partial charge on any atom is -0.375 e. The Bertz CT molecular complexity index is 317. The Hall–Kier alpha value is -0.840. The van der Waals surface area contributed by atoms with Crippen molar-refractivity contribution in [2.45, 2.75) is 19.3 Å². The molecule has 0 saturated heterocycles. The first-order valence-electron chi connectivity index (χ1n) is 5.54. The van der Waals surface area contributed by atoms with Crippen LogP contribution in [0.4, 0.5) is 0 Å². The van der Waals surface area contributed by atoms with E-state index in [0.717, 1.165) is 11.8 Å². The summed E-state index contributed by atoms with van der Waals surface area (Å²) < 4.78 is 0. The second-order valence-electron chi connectivity index (χ2n) is 4.99. The fraction of sp³-hybridized carbons (Fsp3) is 0.800. The Morgan fingerprint density at radius 3 is 2.33 bits per heavy atom. The van der Waals surface area contributed by atoms with Gasteiger partial charge in [0.1, 0.15) is 0 Å². The fourth-order valence-corrected chi connectivity index (χ4v) is 3.93. The minimum atomic E-state index is 0.0781. The van der Waals surface area contributed by atoms with Crippen LogP contribution in [0.25, 0.3) is 0 Å². The summed E-state index contributed by atoms with van der Waals surface area (Å²) in [4.78, 5) is 11.8. The van der Waals surface area contributed by atoms with E-state index in [-0.39, 0.29) is 16.9 Å². The smallest absolute Gasteiger partial charge is 0.242 e. The van der Waals surface area contributed by atoms with Crippen molar-refractivity contribution in [3.05, 3.63) is 0 Å². The highest BCUT2D eigenvalue weighted by atomic mass is 32.1. The second-order valence-corrected chi connectivity index (χ2v) is 5.43. The molecule has 4 atom stereocenters. The number of carbonyl (C=O) groups excluding carboxylic acids is 1. The zero-order chi connectivity index (χ0) is 10.6. The first-order chi connectivity index (χ1) is 7.18. The van der Waals surface area contributed by atoms with E-state index in [1.54, 1.807) is 0 Å². The molecule has 0 spiro atoms. The Balaban J connectivity index is 1.58. The van der Waals surface area contributed by atoms with Crippen molar-refractivity contribution >= 4 is 23.2 Å². The first-order valence-corrected chi connectivity index (χ1v) is 5.94. The maximum absolute atomic E-state index is 11.8. The number of nitrogens with two attached hydrogens (primary N) is 1. The van der Waals surface area contributed by atoms with Crippen LogP contribution in [0, 0.1) is 29.6 Å². The lowest BCUT2D eigenvalue weighted by Crippen LogP contribution is -2.45. The quantitative estimate of drug-likeness (QED) is 0.439. The molecule has 0 heterocycles. The van der Waals surface area contributed by atoms with Crippen LogP contribution in [-0.4, -0.2) is 11.0 Å². The fourth-order valence-electron chi connectivity index (χ4n) is 3.88. The summed E-state index contributed by atoms with van der Waals surface area (Å²) in [5.74, 6) is 3.28. The molecule has 0 aromatic heterocycles. The summed E-state index contributed by atoms with van der Waals surface area (Å²) in [5.41, 5.74) is 10.4. The summed E-state index contributed by atoms with van der Waals surface area (Å²) in [7, 11) is 0. The minimum absolute atomic E-state index is 0.0781. The van der Waals surface area contributed by atoms with Gasteiger partial charge in [-0.2, -0.15) is 0 Å². The van der Waals surface area contributed by atoms with E-state index in [1.807, 2.05) is 0 Å². The number of hydrogen-bond acceptors (Lipinski definition) is 2. The van der Waals surface area contributed by atoms with Crippen molar-refractivity contribution < 1.29 is 4.79 Å². The largest absolute Gasteiger partial charge is 0.375 e. The van der Waals surface area contributed by atoms with Crippen LogP contribution in [0.15, 0.2) is 0 Å². The van der Waals surface area contributed by atoms with Gasteiger partial charge in [0, 0.05) is 5.92 Å².